The molecule has 1 aromatic heterocycles. The average molecular weight is 551 g/mol. The van der Waals surface area contributed by atoms with Crippen LogP contribution in [0, 0.1) is 11.3 Å². The summed E-state index contributed by atoms with van der Waals surface area (Å²) in [7, 11) is 0. The predicted molar refractivity (Wildman–Crippen MR) is 142 cm³/mol. The number of anilines is 2. The van der Waals surface area contributed by atoms with Crippen LogP contribution in [0.5, 0.6) is 0 Å². The molecule has 2 heterocycles. The van der Waals surface area contributed by atoms with Crippen LogP contribution in [0.25, 0.3) is 0 Å². The summed E-state index contributed by atoms with van der Waals surface area (Å²) >= 11 is 9.34. The Balaban J connectivity index is 1.73. The van der Waals surface area contributed by atoms with Gasteiger partial charge >= 0.3 is 0 Å². The quantitative estimate of drug-likeness (QED) is 0.382. The lowest BCUT2D eigenvalue weighted by molar-refractivity contribution is -0.122. The summed E-state index contributed by atoms with van der Waals surface area (Å²) < 4.78 is 0.169. The molecule has 4 N–H and O–H groups in total. The summed E-state index contributed by atoms with van der Waals surface area (Å²) in [5, 5.41) is 12.0. The molecule has 3 rings (SSSR count). The van der Waals surface area contributed by atoms with Gasteiger partial charge in [-0.1, -0.05) is 37.6 Å². The van der Waals surface area contributed by atoms with Crippen LogP contribution in [-0.4, -0.2) is 58.1 Å². The van der Waals surface area contributed by atoms with E-state index in [1.807, 2.05) is 24.3 Å². The maximum absolute atomic E-state index is 12.9. The minimum absolute atomic E-state index is 0.0628. The molecule has 10 heteroatoms. The first kappa shape index (κ1) is 26.4. The van der Waals surface area contributed by atoms with Gasteiger partial charge in [0.25, 0.3) is 0 Å². The van der Waals surface area contributed by atoms with Crippen molar-refractivity contribution < 1.29 is 4.79 Å². The minimum Gasteiger partial charge on any atom is -0.383 e. The van der Waals surface area contributed by atoms with E-state index in [0.29, 0.717) is 22.8 Å². The second kappa shape index (κ2) is 12.5. The van der Waals surface area contributed by atoms with Gasteiger partial charge in [-0.3, -0.25) is 10.2 Å². The van der Waals surface area contributed by atoms with Gasteiger partial charge in [-0.2, -0.15) is 0 Å². The molecule has 1 amide bonds. The monoisotopic (exact) mass is 549 g/mol. The number of amides is 1. The lowest BCUT2D eigenvalue weighted by atomic mass is 9.85. The van der Waals surface area contributed by atoms with Crippen molar-refractivity contribution in [3.8, 4) is 0 Å². The van der Waals surface area contributed by atoms with Crippen molar-refractivity contribution in [3.05, 3.63) is 46.7 Å². The molecule has 1 aliphatic heterocycles. The zero-order valence-electron chi connectivity index (χ0n) is 19.7. The van der Waals surface area contributed by atoms with Crippen LogP contribution < -0.4 is 16.0 Å². The maximum atomic E-state index is 12.9. The van der Waals surface area contributed by atoms with E-state index in [2.05, 4.69) is 54.9 Å². The van der Waals surface area contributed by atoms with E-state index in [1.54, 1.807) is 0 Å². The Kier molecular flexibility index (Phi) is 9.67. The van der Waals surface area contributed by atoms with Crippen LogP contribution in [0.2, 0.25) is 5.02 Å². The number of nitrogens with one attached hydrogen (secondary N) is 2. The highest BCUT2D eigenvalue weighted by molar-refractivity contribution is 9.18. The SMILES string of the molecule is CCN(CC)CCC(=O)NC(c1ccc(Cl)cc1)C1CCN(c2ncnc(N)c2C(=N)Br)CC1. The Bertz CT molecular complexity index is 976. The fraction of sp³-hybridized carbons (Fsp3) is 0.500. The number of nitrogens with two attached hydrogens (primary N) is 1. The number of nitrogens with zero attached hydrogens (tertiary/aromatic N) is 4. The molecular formula is C24H33BrClN7O. The molecule has 1 saturated heterocycles. The third-order valence-corrected chi connectivity index (χ3v) is 7.13. The summed E-state index contributed by atoms with van der Waals surface area (Å²) in [5.41, 5.74) is 7.58. The van der Waals surface area contributed by atoms with Gasteiger partial charge in [-0.15, -0.1) is 0 Å². The van der Waals surface area contributed by atoms with Gasteiger partial charge in [-0.25, -0.2) is 9.97 Å². The normalized spacial score (nSPS) is 15.4. The number of hydrogen-bond acceptors (Lipinski definition) is 7. The fourth-order valence-electron chi connectivity index (χ4n) is 4.47. The van der Waals surface area contributed by atoms with Crippen LogP contribution >= 0.6 is 27.5 Å². The van der Waals surface area contributed by atoms with Crippen molar-refractivity contribution in [2.45, 2.75) is 39.2 Å². The predicted octanol–water partition coefficient (Wildman–Crippen LogP) is 4.24. The Labute approximate surface area is 214 Å². The minimum atomic E-state index is -0.0898. The molecule has 0 saturated carbocycles. The molecule has 1 unspecified atom stereocenters. The lowest BCUT2D eigenvalue weighted by Gasteiger charge is -2.37. The number of rotatable bonds is 10. The van der Waals surface area contributed by atoms with Gasteiger partial charge in [0.1, 0.15) is 22.6 Å². The van der Waals surface area contributed by atoms with Gasteiger partial charge in [0, 0.05) is 31.1 Å². The van der Waals surface area contributed by atoms with Gasteiger partial charge in [0.15, 0.2) is 0 Å². The number of piperidine rings is 1. The van der Waals surface area contributed by atoms with E-state index >= 15 is 0 Å². The Hall–Kier alpha value is -2.23. The van der Waals surface area contributed by atoms with Gasteiger partial charge in [0.2, 0.25) is 5.91 Å². The van der Waals surface area contributed by atoms with Crippen LogP contribution in [0.3, 0.4) is 0 Å². The largest absolute Gasteiger partial charge is 0.383 e. The molecule has 2 aromatic rings. The molecule has 1 atom stereocenters. The molecule has 1 aromatic carbocycles. The number of carbonyl (C=O) groups is 1. The summed E-state index contributed by atoms with van der Waals surface area (Å²) in [5.74, 6) is 1.28. The molecule has 1 aliphatic rings. The molecule has 184 valence electrons. The molecule has 1 fully saturated rings. The first-order chi connectivity index (χ1) is 16.3. The molecule has 8 nitrogen and oxygen atoms in total. The number of benzene rings is 1. The molecule has 0 spiro atoms. The fourth-order valence-corrected chi connectivity index (χ4v) is 4.98. The summed E-state index contributed by atoms with van der Waals surface area (Å²) in [6.07, 6.45) is 3.63. The van der Waals surface area contributed by atoms with E-state index < -0.39 is 0 Å². The van der Waals surface area contributed by atoms with Gasteiger partial charge in [0.05, 0.1) is 11.6 Å². The zero-order chi connectivity index (χ0) is 24.7. The zero-order valence-corrected chi connectivity index (χ0v) is 22.1. The van der Waals surface area contributed by atoms with Crippen molar-refractivity contribution in [2.24, 2.45) is 5.92 Å². The molecular weight excluding hydrogens is 518 g/mol. The third kappa shape index (κ3) is 6.67. The van der Waals surface area contributed by atoms with E-state index in [9.17, 15) is 4.79 Å². The first-order valence-electron chi connectivity index (χ1n) is 11.7. The standard InChI is InChI=1S/C24H33BrClN7O/c1-3-32(4-2)12-11-19(34)31-21(16-5-7-18(26)8-6-16)17-9-13-33(14-10-17)24-20(22(25)27)23(28)29-15-30-24/h5-8,15,17,21,27H,3-4,9-14H2,1-2H3,(H,31,34)(H2,28,29,30). The highest BCUT2D eigenvalue weighted by atomic mass is 79.9. The number of carbonyl (C=O) groups excluding carboxylic acids is 1. The Morgan fingerprint density at radius 1 is 1.26 bits per heavy atom. The molecule has 0 aliphatic carbocycles. The number of aromatic nitrogens is 2. The Morgan fingerprint density at radius 3 is 2.50 bits per heavy atom. The summed E-state index contributed by atoms with van der Waals surface area (Å²) in [4.78, 5) is 25.7. The third-order valence-electron chi connectivity index (χ3n) is 6.48. The molecule has 34 heavy (non-hydrogen) atoms. The number of halogens is 2. The smallest absolute Gasteiger partial charge is 0.221 e. The van der Waals surface area contributed by atoms with Crippen molar-refractivity contribution in [3.63, 3.8) is 0 Å². The van der Waals surface area contributed by atoms with Gasteiger partial charge < -0.3 is 20.9 Å². The number of nitrogen functional groups attached to an aromatic ring is 1. The van der Waals surface area contributed by atoms with Crippen LogP contribution in [0.4, 0.5) is 11.6 Å². The van der Waals surface area contributed by atoms with E-state index in [4.69, 9.17) is 22.7 Å². The second-order valence-corrected chi connectivity index (χ2v) is 9.70. The van der Waals surface area contributed by atoms with Crippen molar-refractivity contribution in [1.82, 2.24) is 20.2 Å². The number of hydrogen-bond donors (Lipinski definition) is 3. The van der Waals surface area contributed by atoms with Crippen LogP contribution in [-0.2, 0) is 4.79 Å². The summed E-state index contributed by atoms with van der Waals surface area (Å²) in [6.45, 7) is 8.33. The van der Waals surface area contributed by atoms with Crippen molar-refractivity contribution >= 4 is 49.7 Å². The van der Waals surface area contributed by atoms with Crippen molar-refractivity contribution in [2.75, 3.05) is 43.4 Å². The highest BCUT2D eigenvalue weighted by Gasteiger charge is 2.31. The molecule has 0 bridgehead atoms. The highest BCUT2D eigenvalue weighted by Crippen LogP contribution is 2.34. The van der Waals surface area contributed by atoms with Crippen molar-refractivity contribution in [1.29, 1.82) is 5.41 Å². The first-order valence-corrected chi connectivity index (χ1v) is 12.9. The molecule has 0 radical (unpaired) electrons. The summed E-state index contributed by atoms with van der Waals surface area (Å²) in [6, 6.07) is 7.66. The van der Waals surface area contributed by atoms with Crippen LogP contribution in [0.15, 0.2) is 30.6 Å². The topological polar surface area (TPSA) is 111 Å². The average Bonchev–Trinajstić information content (AvgIpc) is 2.83. The maximum Gasteiger partial charge on any atom is 0.221 e. The van der Waals surface area contributed by atoms with E-state index in [0.717, 1.165) is 51.1 Å². The van der Waals surface area contributed by atoms with E-state index in [1.165, 1.54) is 6.33 Å². The van der Waals surface area contributed by atoms with Gasteiger partial charge in [-0.05, 0) is 65.5 Å². The van der Waals surface area contributed by atoms with Crippen LogP contribution in [0.1, 0.15) is 50.3 Å². The van der Waals surface area contributed by atoms with E-state index in [-0.39, 0.29) is 28.3 Å². The second-order valence-electron chi connectivity index (χ2n) is 8.47. The Morgan fingerprint density at radius 2 is 1.91 bits per heavy atom. The lowest BCUT2D eigenvalue weighted by Crippen LogP contribution is -2.42.